The molecule has 0 amide bonds. The number of hydrogen-bond donors (Lipinski definition) is 1. The van der Waals surface area contributed by atoms with E-state index in [0.717, 1.165) is 19.5 Å². The molecular formula is C15H20F3N5O. The molecule has 0 bridgehead atoms. The van der Waals surface area contributed by atoms with Gasteiger partial charge in [-0.3, -0.25) is 4.79 Å². The van der Waals surface area contributed by atoms with Crippen molar-refractivity contribution in [1.29, 1.82) is 0 Å². The van der Waals surface area contributed by atoms with Gasteiger partial charge in [0, 0.05) is 19.5 Å². The Morgan fingerprint density at radius 1 is 1.46 bits per heavy atom. The highest BCUT2D eigenvalue weighted by Gasteiger charge is 2.38. The van der Waals surface area contributed by atoms with Crippen LogP contribution in [0.15, 0.2) is 11.0 Å². The van der Waals surface area contributed by atoms with E-state index in [-0.39, 0.29) is 24.7 Å². The zero-order valence-corrected chi connectivity index (χ0v) is 13.6. The summed E-state index contributed by atoms with van der Waals surface area (Å²) in [5.74, 6) is -1.46. The van der Waals surface area contributed by atoms with E-state index < -0.39 is 17.7 Å². The maximum Gasteiger partial charge on any atom is 0.392 e. The van der Waals surface area contributed by atoms with Crippen LogP contribution in [0.25, 0.3) is 11.0 Å². The number of likely N-dealkylation sites (tertiary alicyclic amines) is 1. The summed E-state index contributed by atoms with van der Waals surface area (Å²) in [6.45, 7) is 3.17. The van der Waals surface area contributed by atoms with Crippen molar-refractivity contribution in [2.45, 2.75) is 38.4 Å². The Morgan fingerprint density at radius 2 is 2.21 bits per heavy atom. The molecule has 0 aromatic carbocycles. The van der Waals surface area contributed by atoms with Gasteiger partial charge in [0.15, 0.2) is 5.65 Å². The third kappa shape index (κ3) is 3.17. The van der Waals surface area contributed by atoms with E-state index in [0.29, 0.717) is 11.0 Å². The maximum absolute atomic E-state index is 13.0. The molecule has 0 saturated carbocycles. The van der Waals surface area contributed by atoms with Gasteiger partial charge < -0.3 is 9.88 Å². The third-order valence-electron chi connectivity index (χ3n) is 4.62. The summed E-state index contributed by atoms with van der Waals surface area (Å²) < 4.78 is 40.6. The molecule has 0 radical (unpaired) electrons. The topological polar surface area (TPSA) is 66.8 Å². The van der Waals surface area contributed by atoms with Gasteiger partial charge in [-0.1, -0.05) is 6.92 Å². The molecular weight excluding hydrogens is 323 g/mol. The molecule has 9 heteroatoms. The van der Waals surface area contributed by atoms with Crippen molar-refractivity contribution in [3.8, 4) is 0 Å². The van der Waals surface area contributed by atoms with Crippen molar-refractivity contribution in [3.63, 3.8) is 0 Å². The SMILES string of the molecule is CCC(Cc1nc2c(cnn2C2CCN(C)C2)c(=O)[nH]1)C(F)(F)F. The molecule has 3 rings (SSSR count). The minimum Gasteiger partial charge on any atom is -0.310 e. The summed E-state index contributed by atoms with van der Waals surface area (Å²) in [4.78, 5) is 21.1. The maximum atomic E-state index is 13.0. The first-order valence-electron chi connectivity index (χ1n) is 8.01. The number of H-pyrrole nitrogens is 1. The molecule has 6 nitrogen and oxygen atoms in total. The van der Waals surface area contributed by atoms with Crippen LogP contribution in [-0.4, -0.2) is 51.0 Å². The molecule has 3 heterocycles. The zero-order chi connectivity index (χ0) is 17.5. The summed E-state index contributed by atoms with van der Waals surface area (Å²) in [5, 5.41) is 4.56. The van der Waals surface area contributed by atoms with Gasteiger partial charge in [-0.25, -0.2) is 9.67 Å². The third-order valence-corrected chi connectivity index (χ3v) is 4.62. The molecule has 2 atom stereocenters. The van der Waals surface area contributed by atoms with Gasteiger partial charge in [-0.05, 0) is 19.9 Å². The van der Waals surface area contributed by atoms with Gasteiger partial charge in [0.05, 0.1) is 18.2 Å². The molecule has 1 fully saturated rings. The van der Waals surface area contributed by atoms with Crippen LogP contribution in [0, 0.1) is 5.92 Å². The Hall–Kier alpha value is -1.90. The summed E-state index contributed by atoms with van der Waals surface area (Å²) in [7, 11) is 1.99. The molecule has 1 aliphatic rings. The van der Waals surface area contributed by atoms with E-state index in [2.05, 4.69) is 20.0 Å². The molecule has 2 aromatic heterocycles. The molecule has 132 valence electrons. The first-order valence-corrected chi connectivity index (χ1v) is 8.01. The predicted octanol–water partition coefficient (Wildman–Crippen LogP) is 2.13. The van der Waals surface area contributed by atoms with Crippen molar-refractivity contribution in [1.82, 2.24) is 24.6 Å². The Bertz CT molecular complexity index is 781. The monoisotopic (exact) mass is 343 g/mol. The Labute approximate surface area is 136 Å². The number of likely N-dealkylation sites (N-methyl/N-ethyl adjacent to an activating group) is 1. The van der Waals surface area contributed by atoms with Crippen LogP contribution in [0.5, 0.6) is 0 Å². The van der Waals surface area contributed by atoms with Crippen LogP contribution in [0.1, 0.15) is 31.6 Å². The molecule has 0 spiro atoms. The van der Waals surface area contributed by atoms with Gasteiger partial charge in [0.1, 0.15) is 11.2 Å². The second kappa shape index (κ2) is 6.19. The Balaban J connectivity index is 1.97. The lowest BCUT2D eigenvalue weighted by atomic mass is 10.0. The molecule has 0 aliphatic carbocycles. The largest absolute Gasteiger partial charge is 0.392 e. The predicted molar refractivity (Wildman–Crippen MR) is 82.8 cm³/mol. The highest BCUT2D eigenvalue weighted by molar-refractivity contribution is 5.73. The van der Waals surface area contributed by atoms with E-state index in [1.807, 2.05) is 7.05 Å². The van der Waals surface area contributed by atoms with Gasteiger partial charge in [0.2, 0.25) is 0 Å². The molecule has 2 aromatic rings. The minimum atomic E-state index is -4.31. The van der Waals surface area contributed by atoms with Gasteiger partial charge >= 0.3 is 6.18 Å². The van der Waals surface area contributed by atoms with Gasteiger partial charge in [-0.2, -0.15) is 18.3 Å². The van der Waals surface area contributed by atoms with Crippen molar-refractivity contribution in [2.75, 3.05) is 20.1 Å². The van der Waals surface area contributed by atoms with Crippen molar-refractivity contribution in [3.05, 3.63) is 22.4 Å². The minimum absolute atomic E-state index is 0.0576. The fourth-order valence-electron chi connectivity index (χ4n) is 3.18. The van der Waals surface area contributed by atoms with E-state index in [4.69, 9.17) is 0 Å². The molecule has 1 aliphatic heterocycles. The smallest absolute Gasteiger partial charge is 0.310 e. The number of aromatic nitrogens is 4. The fraction of sp³-hybridized carbons (Fsp3) is 0.667. The number of alkyl halides is 3. The molecule has 2 unspecified atom stereocenters. The van der Waals surface area contributed by atoms with Crippen molar-refractivity contribution >= 4 is 11.0 Å². The van der Waals surface area contributed by atoms with Gasteiger partial charge in [-0.15, -0.1) is 0 Å². The lowest BCUT2D eigenvalue weighted by Gasteiger charge is -2.18. The van der Waals surface area contributed by atoms with Crippen LogP contribution >= 0.6 is 0 Å². The average Bonchev–Trinajstić information content (AvgIpc) is 3.09. The Kier molecular flexibility index (Phi) is 4.37. The van der Waals surface area contributed by atoms with E-state index in [1.165, 1.54) is 13.1 Å². The van der Waals surface area contributed by atoms with Crippen LogP contribution in [-0.2, 0) is 6.42 Å². The highest BCUT2D eigenvalue weighted by atomic mass is 19.4. The highest BCUT2D eigenvalue weighted by Crippen LogP contribution is 2.31. The Morgan fingerprint density at radius 3 is 2.79 bits per heavy atom. The van der Waals surface area contributed by atoms with E-state index in [1.54, 1.807) is 4.68 Å². The van der Waals surface area contributed by atoms with Crippen molar-refractivity contribution in [2.24, 2.45) is 5.92 Å². The summed E-state index contributed by atoms with van der Waals surface area (Å²) >= 11 is 0. The number of fused-ring (bicyclic) bond motifs is 1. The van der Waals surface area contributed by atoms with Crippen LogP contribution in [0.4, 0.5) is 13.2 Å². The zero-order valence-electron chi connectivity index (χ0n) is 13.6. The van der Waals surface area contributed by atoms with Crippen LogP contribution in [0.2, 0.25) is 0 Å². The molecule has 24 heavy (non-hydrogen) atoms. The average molecular weight is 343 g/mol. The van der Waals surface area contributed by atoms with Crippen LogP contribution in [0.3, 0.4) is 0 Å². The number of halogens is 3. The van der Waals surface area contributed by atoms with Gasteiger partial charge in [0.25, 0.3) is 5.56 Å². The molecule has 1 N–H and O–H groups in total. The lowest BCUT2D eigenvalue weighted by Crippen LogP contribution is -2.26. The normalized spacial score (nSPS) is 20.8. The van der Waals surface area contributed by atoms with Crippen LogP contribution < -0.4 is 5.56 Å². The van der Waals surface area contributed by atoms with E-state index >= 15 is 0 Å². The number of hydrogen-bond acceptors (Lipinski definition) is 4. The fourth-order valence-corrected chi connectivity index (χ4v) is 3.18. The summed E-state index contributed by atoms with van der Waals surface area (Å²) in [6.07, 6.45) is -2.39. The number of nitrogens with one attached hydrogen (secondary N) is 1. The number of rotatable bonds is 4. The second-order valence-electron chi connectivity index (χ2n) is 6.39. The second-order valence-corrected chi connectivity index (χ2v) is 6.39. The quantitative estimate of drug-likeness (QED) is 0.923. The van der Waals surface area contributed by atoms with E-state index in [9.17, 15) is 18.0 Å². The number of aromatic amines is 1. The standard InChI is InChI=1S/C15H20F3N5O/c1-3-9(15(16,17)18)6-12-20-13-11(14(24)21-12)7-19-23(13)10-4-5-22(2)8-10/h7,9-10H,3-6,8H2,1-2H3,(H,20,21,24). The first kappa shape index (κ1) is 16.9. The summed E-state index contributed by atoms with van der Waals surface area (Å²) in [5.41, 5.74) is -0.0734. The molecule has 1 saturated heterocycles. The summed E-state index contributed by atoms with van der Waals surface area (Å²) in [6, 6.07) is 0.0826. The number of nitrogens with zero attached hydrogens (tertiary/aromatic N) is 4. The van der Waals surface area contributed by atoms with Crippen molar-refractivity contribution < 1.29 is 13.2 Å². The first-order chi connectivity index (χ1) is 11.3. The lowest BCUT2D eigenvalue weighted by molar-refractivity contribution is -0.175.